The average molecular weight is 439 g/mol. The van der Waals surface area contributed by atoms with Crippen molar-refractivity contribution >= 4 is 27.7 Å². The summed E-state index contributed by atoms with van der Waals surface area (Å²) >= 11 is 3.94. The van der Waals surface area contributed by atoms with Crippen molar-refractivity contribution in [1.29, 1.82) is 0 Å². The molecule has 0 aliphatic heterocycles. The lowest BCUT2D eigenvalue weighted by Gasteiger charge is -2.61. The van der Waals surface area contributed by atoms with Gasteiger partial charge >= 0.3 is 5.97 Å². The number of ether oxygens (including phenoxy) is 1. The highest BCUT2D eigenvalue weighted by molar-refractivity contribution is 9.10. The lowest BCUT2D eigenvalue weighted by atomic mass is 9.44. The topological polar surface area (TPSA) is 43.4 Å². The van der Waals surface area contributed by atoms with E-state index in [1.54, 1.807) is 6.92 Å². The zero-order valence-corrected chi connectivity index (χ0v) is 18.9. The molecule has 0 radical (unpaired) electrons. The van der Waals surface area contributed by atoms with Crippen LogP contribution in [0.3, 0.4) is 0 Å². The van der Waals surface area contributed by atoms with Crippen molar-refractivity contribution in [2.24, 2.45) is 34.5 Å². The quantitative estimate of drug-likeness (QED) is 0.411. The van der Waals surface area contributed by atoms with Crippen LogP contribution in [0.2, 0.25) is 0 Å². The summed E-state index contributed by atoms with van der Waals surface area (Å²) in [5, 5.41) is 0. The molecule has 0 aromatic rings. The molecule has 4 aliphatic rings. The second kappa shape index (κ2) is 6.57. The maximum Gasteiger partial charge on any atom is 0.302 e. The Hall–Kier alpha value is -0.380. The molecular weight excluding hydrogens is 404 g/mol. The number of halogens is 1. The van der Waals surface area contributed by atoms with Crippen molar-refractivity contribution in [2.45, 2.75) is 95.9 Å². The van der Waals surface area contributed by atoms with Gasteiger partial charge in [-0.25, -0.2) is 0 Å². The fourth-order valence-corrected chi connectivity index (χ4v) is 8.84. The minimum Gasteiger partial charge on any atom is -0.463 e. The Morgan fingerprint density at radius 1 is 0.926 bits per heavy atom. The molecule has 4 rings (SSSR count). The number of esters is 1. The fraction of sp³-hybridized carbons (Fsp3) is 0.913. The van der Waals surface area contributed by atoms with Crippen molar-refractivity contribution < 1.29 is 14.3 Å². The number of Topliss-reactive ketones (excluding diaryl/α,β-unsaturated/α-hetero) is 1. The molecule has 0 saturated heterocycles. The van der Waals surface area contributed by atoms with Gasteiger partial charge in [-0.1, -0.05) is 29.8 Å². The van der Waals surface area contributed by atoms with E-state index in [2.05, 4.69) is 29.8 Å². The Kier molecular flexibility index (Phi) is 4.85. The van der Waals surface area contributed by atoms with Crippen LogP contribution in [0.5, 0.6) is 0 Å². The van der Waals surface area contributed by atoms with Crippen molar-refractivity contribution in [3.63, 3.8) is 0 Å². The number of carbonyl (C=O) groups is 2. The maximum absolute atomic E-state index is 12.5. The Morgan fingerprint density at radius 3 is 2.30 bits per heavy atom. The molecule has 0 unspecified atom stereocenters. The molecule has 3 nitrogen and oxygen atoms in total. The molecule has 4 fully saturated rings. The Balaban J connectivity index is 1.56. The predicted molar refractivity (Wildman–Crippen MR) is 110 cm³/mol. The summed E-state index contributed by atoms with van der Waals surface area (Å²) in [4.78, 5) is 23.9. The molecule has 4 aliphatic carbocycles. The number of carbonyl (C=O) groups excluding carboxylic acids is 2. The molecule has 27 heavy (non-hydrogen) atoms. The smallest absolute Gasteiger partial charge is 0.302 e. The van der Waals surface area contributed by atoms with Crippen LogP contribution in [-0.4, -0.2) is 22.2 Å². The Labute approximate surface area is 172 Å². The summed E-state index contributed by atoms with van der Waals surface area (Å²) in [7, 11) is 0. The SMILES string of the molecule is CC(=O)O[C@@H]1CC[C@@]2(C)[C@@H](CC[C@@H]3[C@@H]2CC[C@@]2(C)[C@H]3CC[C@]2(Br)C(C)=O)C1. The third-order valence-electron chi connectivity index (χ3n) is 9.60. The molecule has 0 aromatic carbocycles. The van der Waals surface area contributed by atoms with Crippen LogP contribution in [0, 0.1) is 34.5 Å². The monoisotopic (exact) mass is 438 g/mol. The summed E-state index contributed by atoms with van der Waals surface area (Å²) in [5.74, 6) is 3.08. The summed E-state index contributed by atoms with van der Waals surface area (Å²) in [6, 6.07) is 0. The average Bonchev–Trinajstić information content (AvgIpc) is 2.87. The van der Waals surface area contributed by atoms with E-state index in [0.717, 1.165) is 31.1 Å². The molecule has 4 heteroatoms. The van der Waals surface area contributed by atoms with E-state index in [4.69, 9.17) is 4.74 Å². The Bertz CT molecular complexity index is 648. The molecule has 0 heterocycles. The first kappa shape index (κ1) is 19.9. The minimum atomic E-state index is -0.305. The molecule has 4 saturated carbocycles. The summed E-state index contributed by atoms with van der Waals surface area (Å²) < 4.78 is 5.27. The van der Waals surface area contributed by atoms with Crippen molar-refractivity contribution in [3.8, 4) is 0 Å². The summed E-state index contributed by atoms with van der Waals surface area (Å²) in [6.45, 7) is 8.24. The summed E-state index contributed by atoms with van der Waals surface area (Å²) in [5.41, 5.74) is 0.493. The van der Waals surface area contributed by atoms with Gasteiger partial charge in [-0.2, -0.15) is 0 Å². The molecule has 0 N–H and O–H groups in total. The van der Waals surface area contributed by atoms with E-state index in [0.29, 0.717) is 23.0 Å². The number of alkyl halides is 1. The van der Waals surface area contributed by atoms with E-state index in [1.165, 1.54) is 45.4 Å². The third-order valence-corrected chi connectivity index (χ3v) is 11.5. The Morgan fingerprint density at radius 2 is 1.63 bits per heavy atom. The fourth-order valence-electron chi connectivity index (χ4n) is 8.12. The van der Waals surface area contributed by atoms with Gasteiger partial charge in [-0.05, 0) is 99.2 Å². The van der Waals surface area contributed by atoms with Crippen LogP contribution in [0.1, 0.15) is 85.5 Å². The van der Waals surface area contributed by atoms with Gasteiger partial charge in [0, 0.05) is 6.92 Å². The van der Waals surface area contributed by atoms with Crippen molar-refractivity contribution in [3.05, 3.63) is 0 Å². The number of ketones is 1. The van der Waals surface area contributed by atoms with Crippen molar-refractivity contribution in [2.75, 3.05) is 0 Å². The van der Waals surface area contributed by atoms with Gasteiger partial charge in [0.2, 0.25) is 0 Å². The zero-order chi connectivity index (χ0) is 19.6. The van der Waals surface area contributed by atoms with Gasteiger partial charge in [-0.15, -0.1) is 0 Å². The highest BCUT2D eigenvalue weighted by Crippen LogP contribution is 2.70. The standard InChI is InChI=1S/C23H35BrO3/c1-14(25)23(24)12-9-20-18-6-5-16-13-17(27-15(2)26)7-10-21(16,3)19(18)8-11-22(20,23)4/h16-20H,5-13H2,1-4H3/t16-,17+,18+,19-,20-,21-,22-,23-/m0/s1. The number of rotatable bonds is 2. The molecule has 152 valence electrons. The van der Waals surface area contributed by atoms with Crippen LogP contribution in [-0.2, 0) is 14.3 Å². The third kappa shape index (κ3) is 2.79. The minimum absolute atomic E-state index is 0.109. The normalized spacial score (nSPS) is 51.7. The molecule has 0 spiro atoms. The highest BCUT2D eigenvalue weighted by Gasteiger charge is 2.65. The molecule has 0 bridgehead atoms. The highest BCUT2D eigenvalue weighted by atomic mass is 79.9. The first-order valence-electron chi connectivity index (χ1n) is 11.0. The van der Waals surface area contributed by atoms with E-state index in [9.17, 15) is 9.59 Å². The van der Waals surface area contributed by atoms with Gasteiger partial charge in [0.05, 0.1) is 4.32 Å². The summed E-state index contributed by atoms with van der Waals surface area (Å²) in [6.07, 6.45) is 10.6. The van der Waals surface area contributed by atoms with Crippen molar-refractivity contribution in [1.82, 2.24) is 0 Å². The lowest BCUT2D eigenvalue weighted by Crippen LogP contribution is -2.56. The van der Waals surface area contributed by atoms with E-state index >= 15 is 0 Å². The van der Waals surface area contributed by atoms with Crippen LogP contribution in [0.4, 0.5) is 0 Å². The van der Waals surface area contributed by atoms with Crippen LogP contribution < -0.4 is 0 Å². The van der Waals surface area contributed by atoms with Gasteiger partial charge in [0.1, 0.15) is 11.9 Å². The number of hydrogen-bond donors (Lipinski definition) is 0. The van der Waals surface area contributed by atoms with Gasteiger partial charge in [-0.3, -0.25) is 9.59 Å². The number of fused-ring (bicyclic) bond motifs is 5. The van der Waals surface area contributed by atoms with E-state index < -0.39 is 0 Å². The first-order valence-corrected chi connectivity index (χ1v) is 11.8. The second-order valence-corrected chi connectivity index (χ2v) is 11.9. The van der Waals surface area contributed by atoms with Gasteiger partial charge in [0.25, 0.3) is 0 Å². The molecule has 0 amide bonds. The molecular formula is C23H35BrO3. The van der Waals surface area contributed by atoms with Crippen LogP contribution in [0.15, 0.2) is 0 Å². The van der Waals surface area contributed by atoms with Gasteiger partial charge in [0.15, 0.2) is 0 Å². The maximum atomic E-state index is 12.5. The van der Waals surface area contributed by atoms with E-state index in [-0.39, 0.29) is 21.8 Å². The first-order chi connectivity index (χ1) is 12.6. The second-order valence-electron chi connectivity index (χ2n) is 10.5. The number of hydrogen-bond acceptors (Lipinski definition) is 3. The van der Waals surface area contributed by atoms with Crippen LogP contribution >= 0.6 is 15.9 Å². The van der Waals surface area contributed by atoms with Gasteiger partial charge < -0.3 is 4.74 Å². The van der Waals surface area contributed by atoms with Crippen LogP contribution in [0.25, 0.3) is 0 Å². The lowest BCUT2D eigenvalue weighted by molar-refractivity contribution is -0.160. The molecule has 0 aromatic heterocycles. The predicted octanol–water partition coefficient (Wildman–Crippen LogP) is 5.68. The zero-order valence-electron chi connectivity index (χ0n) is 17.4. The molecule has 8 atom stereocenters. The largest absolute Gasteiger partial charge is 0.463 e. The van der Waals surface area contributed by atoms with E-state index in [1.807, 2.05) is 0 Å².